The molecule has 156 valence electrons. The number of carbonyl (C=O) groups is 1. The number of halogens is 3. The normalized spacial score (nSPS) is 16.1. The van der Waals surface area contributed by atoms with Crippen LogP contribution >= 0.6 is 0 Å². The van der Waals surface area contributed by atoms with Crippen molar-refractivity contribution in [1.82, 2.24) is 9.80 Å². The van der Waals surface area contributed by atoms with E-state index in [0.29, 0.717) is 26.2 Å². The zero-order chi connectivity index (χ0) is 21.0. The van der Waals surface area contributed by atoms with Crippen molar-refractivity contribution < 1.29 is 26.4 Å². The molecule has 0 bridgehead atoms. The van der Waals surface area contributed by atoms with Gasteiger partial charge in [0.05, 0.1) is 4.90 Å². The van der Waals surface area contributed by atoms with E-state index in [1.807, 2.05) is 0 Å². The largest absolute Gasteiger partial charge is 0.341 e. The minimum absolute atomic E-state index is 0.255. The third-order valence-electron chi connectivity index (χ3n) is 4.86. The van der Waals surface area contributed by atoms with E-state index in [2.05, 4.69) is 4.90 Å². The predicted octanol–water partition coefficient (Wildman–Crippen LogP) is 3.17. The van der Waals surface area contributed by atoms with Gasteiger partial charge in [0.1, 0.15) is 5.82 Å². The molecule has 0 spiro atoms. The van der Waals surface area contributed by atoms with E-state index in [-0.39, 0.29) is 17.3 Å². The van der Waals surface area contributed by atoms with Gasteiger partial charge in [-0.1, -0.05) is 12.1 Å². The Balaban J connectivity index is 1.62. The van der Waals surface area contributed by atoms with Crippen molar-refractivity contribution in [1.29, 1.82) is 0 Å². The number of amides is 1. The van der Waals surface area contributed by atoms with Gasteiger partial charge in [-0.3, -0.25) is 9.69 Å². The Morgan fingerprint density at radius 2 is 1.59 bits per heavy atom. The SMILES string of the molecule is O=C(c1ccc(S(=O)(=O)C(F)F)cc1)N1CCCN(Cc2ccc(F)cc2)CC1. The fourth-order valence-electron chi connectivity index (χ4n) is 3.25. The molecule has 0 saturated carbocycles. The second-order valence-corrected chi connectivity index (χ2v) is 8.80. The van der Waals surface area contributed by atoms with Crippen LogP contribution in [-0.2, 0) is 16.4 Å². The number of alkyl halides is 2. The van der Waals surface area contributed by atoms with E-state index < -0.39 is 20.5 Å². The zero-order valence-electron chi connectivity index (χ0n) is 15.6. The molecule has 2 aromatic rings. The van der Waals surface area contributed by atoms with Crippen molar-refractivity contribution in [3.05, 3.63) is 65.5 Å². The van der Waals surface area contributed by atoms with Gasteiger partial charge in [-0.25, -0.2) is 12.8 Å². The van der Waals surface area contributed by atoms with E-state index in [1.54, 1.807) is 17.0 Å². The first-order valence-corrected chi connectivity index (χ1v) is 10.7. The Labute approximate surface area is 167 Å². The summed E-state index contributed by atoms with van der Waals surface area (Å²) in [6.07, 6.45) is 0.755. The van der Waals surface area contributed by atoms with Gasteiger partial charge in [0.15, 0.2) is 0 Å². The molecule has 1 fully saturated rings. The average molecular weight is 426 g/mol. The second-order valence-electron chi connectivity index (χ2n) is 6.88. The molecule has 0 aliphatic carbocycles. The first kappa shape index (κ1) is 21.3. The van der Waals surface area contributed by atoms with E-state index in [0.717, 1.165) is 30.7 Å². The lowest BCUT2D eigenvalue weighted by atomic mass is 10.2. The van der Waals surface area contributed by atoms with Crippen molar-refractivity contribution in [2.24, 2.45) is 0 Å². The molecule has 1 aliphatic rings. The summed E-state index contributed by atoms with van der Waals surface area (Å²) in [6.45, 7) is 3.10. The molecule has 29 heavy (non-hydrogen) atoms. The lowest BCUT2D eigenvalue weighted by Crippen LogP contribution is -2.35. The molecule has 9 heteroatoms. The number of nitrogens with zero attached hydrogens (tertiary/aromatic N) is 2. The molecule has 0 unspecified atom stereocenters. The minimum atomic E-state index is -4.68. The minimum Gasteiger partial charge on any atom is -0.337 e. The summed E-state index contributed by atoms with van der Waals surface area (Å²) in [4.78, 5) is 16.1. The van der Waals surface area contributed by atoms with Crippen LogP contribution in [0.15, 0.2) is 53.4 Å². The van der Waals surface area contributed by atoms with Gasteiger partial charge in [-0.2, -0.15) is 8.78 Å². The standard InChI is InChI=1S/C20H21F3N2O3S/c21-17-6-2-15(3-7-17)14-24-10-1-11-25(13-12-24)19(26)16-4-8-18(9-5-16)29(27,28)20(22)23/h2-9,20H,1,10-14H2. The van der Waals surface area contributed by atoms with Crippen molar-refractivity contribution in [3.8, 4) is 0 Å². The van der Waals surface area contributed by atoms with Gasteiger partial charge in [0, 0.05) is 38.3 Å². The number of hydrogen-bond acceptors (Lipinski definition) is 4. The van der Waals surface area contributed by atoms with Gasteiger partial charge in [-0.05, 0) is 48.4 Å². The predicted molar refractivity (Wildman–Crippen MR) is 102 cm³/mol. The fraction of sp³-hybridized carbons (Fsp3) is 0.350. The summed E-state index contributed by atoms with van der Waals surface area (Å²) < 4.78 is 61.3. The lowest BCUT2D eigenvalue weighted by Gasteiger charge is -2.22. The monoisotopic (exact) mass is 426 g/mol. The molecular formula is C20H21F3N2O3S. The van der Waals surface area contributed by atoms with Crippen molar-refractivity contribution >= 4 is 15.7 Å². The Hall–Kier alpha value is -2.39. The van der Waals surface area contributed by atoms with E-state index in [4.69, 9.17) is 0 Å². The van der Waals surface area contributed by atoms with Crippen LogP contribution in [0.3, 0.4) is 0 Å². The number of sulfone groups is 1. The molecular weight excluding hydrogens is 405 g/mol. The molecule has 1 amide bonds. The summed E-state index contributed by atoms with van der Waals surface area (Å²) in [7, 11) is -4.68. The Morgan fingerprint density at radius 3 is 2.21 bits per heavy atom. The number of hydrogen-bond donors (Lipinski definition) is 0. The number of carbonyl (C=O) groups excluding carboxylic acids is 1. The fourth-order valence-corrected chi connectivity index (χ4v) is 3.97. The highest BCUT2D eigenvalue weighted by molar-refractivity contribution is 7.91. The Bertz CT molecular complexity index is 948. The van der Waals surface area contributed by atoms with Crippen LogP contribution in [0, 0.1) is 5.82 Å². The van der Waals surface area contributed by atoms with Crippen molar-refractivity contribution in [3.63, 3.8) is 0 Å². The molecule has 0 aromatic heterocycles. The molecule has 0 N–H and O–H groups in total. The molecule has 0 atom stereocenters. The first-order valence-electron chi connectivity index (χ1n) is 9.15. The molecule has 0 radical (unpaired) electrons. The highest BCUT2D eigenvalue weighted by Gasteiger charge is 2.27. The summed E-state index contributed by atoms with van der Waals surface area (Å²) in [5.41, 5.74) is 1.24. The van der Waals surface area contributed by atoms with Gasteiger partial charge >= 0.3 is 5.76 Å². The van der Waals surface area contributed by atoms with Gasteiger partial charge < -0.3 is 4.90 Å². The van der Waals surface area contributed by atoms with Crippen LogP contribution in [0.1, 0.15) is 22.3 Å². The van der Waals surface area contributed by atoms with Crippen LogP contribution < -0.4 is 0 Å². The van der Waals surface area contributed by atoms with Crippen LogP contribution in [-0.4, -0.2) is 56.1 Å². The number of rotatable bonds is 5. The lowest BCUT2D eigenvalue weighted by molar-refractivity contribution is 0.0761. The van der Waals surface area contributed by atoms with Gasteiger partial charge in [0.2, 0.25) is 9.84 Å². The molecule has 3 rings (SSSR count). The third-order valence-corrected chi connectivity index (χ3v) is 6.26. The highest BCUT2D eigenvalue weighted by atomic mass is 32.2. The summed E-state index contributed by atoms with van der Waals surface area (Å²) in [5.74, 6) is -4.05. The highest BCUT2D eigenvalue weighted by Crippen LogP contribution is 2.20. The maximum Gasteiger partial charge on any atom is 0.341 e. The molecule has 1 aliphatic heterocycles. The maximum atomic E-state index is 13.0. The molecule has 1 saturated heterocycles. The van der Waals surface area contributed by atoms with Crippen molar-refractivity contribution in [2.75, 3.05) is 26.2 Å². The summed E-state index contributed by atoms with van der Waals surface area (Å²) >= 11 is 0. The van der Waals surface area contributed by atoms with E-state index in [9.17, 15) is 26.4 Å². The first-order chi connectivity index (χ1) is 13.8. The van der Waals surface area contributed by atoms with E-state index in [1.165, 1.54) is 24.3 Å². The summed E-state index contributed by atoms with van der Waals surface area (Å²) in [6, 6.07) is 10.9. The van der Waals surface area contributed by atoms with Crippen LogP contribution in [0.4, 0.5) is 13.2 Å². The van der Waals surface area contributed by atoms with Crippen LogP contribution in [0.25, 0.3) is 0 Å². The molecule has 1 heterocycles. The quantitative estimate of drug-likeness (QED) is 0.737. The number of benzene rings is 2. The second kappa shape index (κ2) is 8.96. The zero-order valence-corrected chi connectivity index (χ0v) is 16.4. The van der Waals surface area contributed by atoms with Crippen LogP contribution in [0.5, 0.6) is 0 Å². The molecule has 2 aromatic carbocycles. The smallest absolute Gasteiger partial charge is 0.337 e. The van der Waals surface area contributed by atoms with Crippen molar-refractivity contribution in [2.45, 2.75) is 23.6 Å². The topological polar surface area (TPSA) is 57.7 Å². The average Bonchev–Trinajstić information content (AvgIpc) is 2.95. The molecule has 5 nitrogen and oxygen atoms in total. The van der Waals surface area contributed by atoms with Gasteiger partial charge in [-0.15, -0.1) is 0 Å². The van der Waals surface area contributed by atoms with E-state index >= 15 is 0 Å². The van der Waals surface area contributed by atoms with Crippen LogP contribution in [0.2, 0.25) is 0 Å². The summed E-state index contributed by atoms with van der Waals surface area (Å²) in [5, 5.41) is 0. The Kier molecular flexibility index (Phi) is 6.59. The Morgan fingerprint density at radius 1 is 0.931 bits per heavy atom. The van der Waals surface area contributed by atoms with Gasteiger partial charge in [0.25, 0.3) is 5.91 Å². The maximum absolute atomic E-state index is 13.0. The third kappa shape index (κ3) is 5.16.